The van der Waals surface area contributed by atoms with Crippen LogP contribution in [0.5, 0.6) is 0 Å². The third-order valence-electron chi connectivity index (χ3n) is 4.04. The van der Waals surface area contributed by atoms with Crippen LogP contribution in [0.1, 0.15) is 33.1 Å². The van der Waals surface area contributed by atoms with E-state index in [9.17, 15) is 14.4 Å². The van der Waals surface area contributed by atoms with Crippen molar-refractivity contribution in [2.24, 2.45) is 11.7 Å². The van der Waals surface area contributed by atoms with Crippen LogP contribution in [0, 0.1) is 5.92 Å². The van der Waals surface area contributed by atoms with E-state index in [1.165, 1.54) is 4.90 Å². The summed E-state index contributed by atoms with van der Waals surface area (Å²) in [6, 6.07) is 7.05. The smallest absolute Gasteiger partial charge is 0.244 e. The fourth-order valence-electron chi connectivity index (χ4n) is 2.89. The van der Waals surface area contributed by atoms with Crippen molar-refractivity contribution in [2.45, 2.75) is 39.2 Å². The van der Waals surface area contributed by atoms with Crippen LogP contribution in [0.2, 0.25) is 0 Å². The molecule has 7 heteroatoms. The highest BCUT2D eigenvalue weighted by Crippen LogP contribution is 2.29. The molecule has 136 valence electrons. The number of nitrogens with one attached hydrogen (secondary N) is 2. The first kappa shape index (κ1) is 18.9. The van der Waals surface area contributed by atoms with Crippen LogP contribution in [-0.2, 0) is 14.4 Å². The molecule has 4 N–H and O–H groups in total. The third-order valence-corrected chi connectivity index (χ3v) is 4.04. The summed E-state index contributed by atoms with van der Waals surface area (Å²) in [7, 11) is 0. The van der Waals surface area contributed by atoms with Gasteiger partial charge >= 0.3 is 0 Å². The molecule has 0 fully saturated rings. The Kier molecular flexibility index (Phi) is 6.52. The zero-order valence-electron chi connectivity index (χ0n) is 14.7. The van der Waals surface area contributed by atoms with Crippen LogP contribution in [-0.4, -0.2) is 36.9 Å². The average molecular weight is 346 g/mol. The maximum atomic E-state index is 12.5. The van der Waals surface area contributed by atoms with Crippen LogP contribution in [0.3, 0.4) is 0 Å². The molecule has 25 heavy (non-hydrogen) atoms. The summed E-state index contributed by atoms with van der Waals surface area (Å²) in [5.74, 6) is -0.250. The Morgan fingerprint density at radius 1 is 1.28 bits per heavy atom. The van der Waals surface area contributed by atoms with E-state index in [-0.39, 0.29) is 43.1 Å². The number of carbonyl (C=O) groups excluding carboxylic acids is 3. The van der Waals surface area contributed by atoms with E-state index in [1.807, 2.05) is 0 Å². The minimum Gasteiger partial charge on any atom is -0.352 e. The van der Waals surface area contributed by atoms with E-state index in [2.05, 4.69) is 24.5 Å². The zero-order valence-corrected chi connectivity index (χ0v) is 14.7. The lowest BCUT2D eigenvalue weighted by molar-refractivity contribution is -0.126. The minimum atomic E-state index is -0.245. The number of hydrogen-bond donors (Lipinski definition) is 3. The number of para-hydroxylation sites is 2. The molecule has 2 rings (SSSR count). The van der Waals surface area contributed by atoms with Crippen molar-refractivity contribution in [1.29, 1.82) is 0 Å². The molecule has 0 spiro atoms. The second-order valence-electron chi connectivity index (χ2n) is 6.67. The Morgan fingerprint density at radius 3 is 2.68 bits per heavy atom. The molecule has 1 heterocycles. The molecule has 1 aromatic rings. The molecule has 1 unspecified atom stereocenters. The molecule has 0 radical (unpaired) electrons. The standard InChI is InChI=1S/C18H26N4O3/c1-12(2)9-13(10-19)20-16(23)7-8-18(25)22-11-17(24)21-14-5-3-4-6-15(14)22/h3-6,12-13H,7-11,19H2,1-2H3,(H,20,23)(H,21,24). The molecule has 1 aromatic carbocycles. The third kappa shape index (κ3) is 5.29. The molecule has 0 saturated carbocycles. The van der Waals surface area contributed by atoms with Crippen LogP contribution in [0.25, 0.3) is 0 Å². The maximum Gasteiger partial charge on any atom is 0.244 e. The Bertz CT molecular complexity index is 645. The highest BCUT2D eigenvalue weighted by atomic mass is 16.2. The minimum absolute atomic E-state index is 0.0315. The van der Waals surface area contributed by atoms with Crippen molar-refractivity contribution in [2.75, 3.05) is 23.3 Å². The van der Waals surface area contributed by atoms with E-state index < -0.39 is 0 Å². The number of nitrogens with two attached hydrogens (primary N) is 1. The van der Waals surface area contributed by atoms with Crippen molar-refractivity contribution < 1.29 is 14.4 Å². The highest BCUT2D eigenvalue weighted by molar-refractivity contribution is 6.10. The van der Waals surface area contributed by atoms with Crippen LogP contribution in [0.4, 0.5) is 11.4 Å². The second kappa shape index (κ2) is 8.62. The predicted molar refractivity (Wildman–Crippen MR) is 97.1 cm³/mol. The van der Waals surface area contributed by atoms with E-state index in [4.69, 9.17) is 5.73 Å². The molecular weight excluding hydrogens is 320 g/mol. The number of amides is 3. The molecule has 7 nitrogen and oxygen atoms in total. The van der Waals surface area contributed by atoms with Gasteiger partial charge in [0.1, 0.15) is 6.54 Å². The average Bonchev–Trinajstić information content (AvgIpc) is 2.57. The molecular formula is C18H26N4O3. The fourth-order valence-corrected chi connectivity index (χ4v) is 2.89. The SMILES string of the molecule is CC(C)CC(CN)NC(=O)CCC(=O)N1CC(=O)Nc2ccccc21. The predicted octanol–water partition coefficient (Wildman–Crippen LogP) is 1.24. The Hall–Kier alpha value is -2.41. The topological polar surface area (TPSA) is 105 Å². The van der Waals surface area contributed by atoms with Crippen molar-refractivity contribution in [3.8, 4) is 0 Å². The molecule has 0 bridgehead atoms. The van der Waals surface area contributed by atoms with E-state index in [0.717, 1.165) is 6.42 Å². The Balaban J connectivity index is 1.92. The monoisotopic (exact) mass is 346 g/mol. The molecule has 3 amide bonds. The number of carbonyl (C=O) groups is 3. The van der Waals surface area contributed by atoms with Gasteiger partial charge in [-0.15, -0.1) is 0 Å². The van der Waals surface area contributed by atoms with Gasteiger partial charge < -0.3 is 21.3 Å². The van der Waals surface area contributed by atoms with Crippen molar-refractivity contribution >= 4 is 29.1 Å². The first-order valence-corrected chi connectivity index (χ1v) is 8.59. The van der Waals surface area contributed by atoms with Gasteiger partial charge in [0.25, 0.3) is 0 Å². The van der Waals surface area contributed by atoms with Gasteiger partial charge in [-0.25, -0.2) is 0 Å². The van der Waals surface area contributed by atoms with Gasteiger partial charge in [-0.2, -0.15) is 0 Å². The normalized spacial score (nSPS) is 14.7. The second-order valence-corrected chi connectivity index (χ2v) is 6.67. The zero-order chi connectivity index (χ0) is 18.4. The number of nitrogens with zero attached hydrogens (tertiary/aromatic N) is 1. The van der Waals surface area contributed by atoms with Crippen molar-refractivity contribution in [1.82, 2.24) is 5.32 Å². The summed E-state index contributed by atoms with van der Waals surface area (Å²) in [5.41, 5.74) is 6.94. The molecule has 1 aliphatic heterocycles. The number of rotatable bonds is 7. The van der Waals surface area contributed by atoms with Gasteiger partial charge in [-0.3, -0.25) is 14.4 Å². The summed E-state index contributed by atoms with van der Waals surface area (Å²) in [4.78, 5) is 37.8. The Labute approximate surface area is 147 Å². The quantitative estimate of drug-likeness (QED) is 0.691. The van der Waals surface area contributed by atoms with E-state index in [0.29, 0.717) is 23.8 Å². The fraction of sp³-hybridized carbons (Fsp3) is 0.500. The largest absolute Gasteiger partial charge is 0.352 e. The van der Waals surface area contributed by atoms with Gasteiger partial charge in [0.05, 0.1) is 11.4 Å². The lowest BCUT2D eigenvalue weighted by Crippen LogP contribution is -2.43. The number of hydrogen-bond acceptors (Lipinski definition) is 4. The van der Waals surface area contributed by atoms with Gasteiger partial charge in [-0.05, 0) is 24.5 Å². The summed E-state index contributed by atoms with van der Waals surface area (Å²) in [6.07, 6.45) is 0.927. The van der Waals surface area contributed by atoms with E-state index in [1.54, 1.807) is 24.3 Å². The molecule has 1 atom stereocenters. The lowest BCUT2D eigenvalue weighted by atomic mass is 10.0. The van der Waals surface area contributed by atoms with Gasteiger partial charge in [0, 0.05) is 25.4 Å². The number of benzene rings is 1. The maximum absolute atomic E-state index is 12.5. The van der Waals surface area contributed by atoms with Crippen molar-refractivity contribution in [3.63, 3.8) is 0 Å². The van der Waals surface area contributed by atoms with Crippen LogP contribution >= 0.6 is 0 Å². The van der Waals surface area contributed by atoms with Crippen molar-refractivity contribution in [3.05, 3.63) is 24.3 Å². The summed E-state index contributed by atoms with van der Waals surface area (Å²) in [6.45, 7) is 4.47. The van der Waals surface area contributed by atoms with Crippen LogP contribution in [0.15, 0.2) is 24.3 Å². The molecule has 0 aromatic heterocycles. The summed E-state index contributed by atoms with van der Waals surface area (Å²) < 4.78 is 0. The Morgan fingerprint density at radius 2 is 2.00 bits per heavy atom. The summed E-state index contributed by atoms with van der Waals surface area (Å²) >= 11 is 0. The van der Waals surface area contributed by atoms with Gasteiger partial charge in [0.15, 0.2) is 0 Å². The first-order chi connectivity index (χ1) is 11.9. The highest BCUT2D eigenvalue weighted by Gasteiger charge is 2.26. The molecule has 1 aliphatic rings. The van der Waals surface area contributed by atoms with Crippen LogP contribution < -0.4 is 21.3 Å². The molecule has 0 saturated heterocycles. The van der Waals surface area contributed by atoms with Gasteiger partial charge in [0.2, 0.25) is 17.7 Å². The van der Waals surface area contributed by atoms with E-state index >= 15 is 0 Å². The first-order valence-electron chi connectivity index (χ1n) is 8.59. The molecule has 0 aliphatic carbocycles. The van der Waals surface area contributed by atoms with Gasteiger partial charge in [-0.1, -0.05) is 26.0 Å². The number of anilines is 2. The lowest BCUT2D eigenvalue weighted by Gasteiger charge is -2.29. The number of fused-ring (bicyclic) bond motifs is 1. The summed E-state index contributed by atoms with van der Waals surface area (Å²) in [5, 5.41) is 5.61.